The summed E-state index contributed by atoms with van der Waals surface area (Å²) in [5, 5.41) is 0. The number of hydrogen-bond donors (Lipinski definition) is 1. The Bertz CT molecular complexity index is 361. The van der Waals surface area contributed by atoms with Gasteiger partial charge in [-0.1, -0.05) is 34.1 Å². The first-order valence-electron chi connectivity index (χ1n) is 5.80. The summed E-state index contributed by atoms with van der Waals surface area (Å²) in [4.78, 5) is 2.32. The Morgan fingerprint density at radius 2 is 2.06 bits per heavy atom. The summed E-state index contributed by atoms with van der Waals surface area (Å²) in [5.41, 5.74) is 7.65. The van der Waals surface area contributed by atoms with Crippen LogP contribution in [0.15, 0.2) is 28.7 Å². The van der Waals surface area contributed by atoms with Gasteiger partial charge in [-0.3, -0.25) is 0 Å². The van der Waals surface area contributed by atoms with Crippen LogP contribution in [0.5, 0.6) is 0 Å². The lowest BCUT2D eigenvalue weighted by atomic mass is 9.77. The quantitative estimate of drug-likeness (QED) is 0.920. The summed E-state index contributed by atoms with van der Waals surface area (Å²) in [6, 6.07) is 8.37. The molecule has 0 radical (unpaired) electrons. The van der Waals surface area contributed by atoms with Crippen molar-refractivity contribution in [3.8, 4) is 0 Å². The lowest BCUT2D eigenvalue weighted by molar-refractivity contribution is 0.161. The molecule has 2 nitrogen and oxygen atoms in total. The molecule has 2 N–H and O–H groups in total. The third-order valence-corrected chi connectivity index (χ3v) is 4.11. The first kappa shape index (κ1) is 12.1. The van der Waals surface area contributed by atoms with E-state index in [-0.39, 0.29) is 5.54 Å². The van der Waals surface area contributed by atoms with E-state index in [2.05, 4.69) is 46.1 Å². The molecule has 0 bridgehead atoms. The maximum Gasteiger partial charge on any atom is 0.0283 e. The Hall–Kier alpha value is -0.380. The van der Waals surface area contributed by atoms with Gasteiger partial charge in [0.25, 0.3) is 0 Å². The zero-order chi connectivity index (χ0) is 11.6. The van der Waals surface area contributed by atoms with Gasteiger partial charge in [0.1, 0.15) is 0 Å². The summed E-state index contributed by atoms with van der Waals surface area (Å²) >= 11 is 3.58. The van der Waals surface area contributed by atoms with Crippen LogP contribution in [-0.4, -0.2) is 24.0 Å². The van der Waals surface area contributed by atoms with Crippen LogP contribution in [0.1, 0.15) is 24.8 Å². The Morgan fingerprint density at radius 3 is 2.62 bits per heavy atom. The average Bonchev–Trinajstić information content (AvgIpc) is 2.19. The van der Waals surface area contributed by atoms with Crippen molar-refractivity contribution in [2.24, 2.45) is 5.73 Å². The summed E-state index contributed by atoms with van der Waals surface area (Å²) in [6.45, 7) is 1.95. The van der Waals surface area contributed by atoms with E-state index in [1.807, 2.05) is 6.07 Å². The summed E-state index contributed by atoms with van der Waals surface area (Å²) in [7, 11) is 2.15. The van der Waals surface area contributed by atoms with E-state index in [0.29, 0.717) is 0 Å². The summed E-state index contributed by atoms with van der Waals surface area (Å²) in [6.07, 6.45) is 3.64. The van der Waals surface area contributed by atoms with Crippen molar-refractivity contribution in [3.05, 3.63) is 34.3 Å². The second-order valence-corrected chi connectivity index (χ2v) is 5.83. The van der Waals surface area contributed by atoms with Gasteiger partial charge in [-0.05, 0) is 37.9 Å². The van der Waals surface area contributed by atoms with E-state index in [1.54, 1.807) is 0 Å². The Labute approximate surface area is 106 Å². The third kappa shape index (κ3) is 2.84. The van der Waals surface area contributed by atoms with Crippen molar-refractivity contribution in [3.63, 3.8) is 0 Å². The largest absolute Gasteiger partial charge is 0.324 e. The molecule has 3 heteroatoms. The lowest BCUT2D eigenvalue weighted by Gasteiger charge is -2.41. The molecule has 0 saturated heterocycles. The van der Waals surface area contributed by atoms with Crippen molar-refractivity contribution in [2.45, 2.75) is 31.3 Å². The average molecular weight is 283 g/mol. The number of hydrogen-bond acceptors (Lipinski definition) is 2. The molecule has 1 aliphatic rings. The zero-order valence-electron chi connectivity index (χ0n) is 9.75. The molecule has 1 aliphatic carbocycles. The zero-order valence-corrected chi connectivity index (χ0v) is 11.3. The highest BCUT2D eigenvalue weighted by molar-refractivity contribution is 9.10. The van der Waals surface area contributed by atoms with Gasteiger partial charge in [0.15, 0.2) is 0 Å². The smallest absolute Gasteiger partial charge is 0.0283 e. The molecule has 1 fully saturated rings. The third-order valence-electron chi connectivity index (χ3n) is 3.33. The van der Waals surface area contributed by atoms with E-state index < -0.39 is 0 Å². The van der Waals surface area contributed by atoms with E-state index in [0.717, 1.165) is 13.1 Å². The topological polar surface area (TPSA) is 29.3 Å². The maximum absolute atomic E-state index is 6.24. The molecule has 0 aromatic heterocycles. The monoisotopic (exact) mass is 282 g/mol. The van der Waals surface area contributed by atoms with E-state index in [9.17, 15) is 0 Å². The number of rotatable bonds is 4. The fourth-order valence-corrected chi connectivity index (χ4v) is 2.71. The molecular weight excluding hydrogens is 264 g/mol. The normalized spacial score (nSPS) is 18.5. The van der Waals surface area contributed by atoms with Gasteiger partial charge in [-0.15, -0.1) is 0 Å². The van der Waals surface area contributed by atoms with Crippen molar-refractivity contribution in [1.29, 1.82) is 0 Å². The highest BCUT2D eigenvalue weighted by Gasteiger charge is 2.33. The van der Waals surface area contributed by atoms with Crippen molar-refractivity contribution in [2.75, 3.05) is 13.6 Å². The number of likely N-dealkylation sites (N-methyl/N-ethyl adjacent to an activating group) is 1. The molecule has 0 amide bonds. The Balaban J connectivity index is 1.92. The minimum Gasteiger partial charge on any atom is -0.324 e. The molecule has 0 atom stereocenters. The van der Waals surface area contributed by atoms with E-state index in [1.165, 1.54) is 29.3 Å². The number of nitrogens with two attached hydrogens (primary N) is 1. The minimum absolute atomic E-state index is 0.0794. The molecular formula is C13H19BrN2. The molecule has 0 aliphatic heterocycles. The van der Waals surface area contributed by atoms with Crippen LogP contribution in [0.2, 0.25) is 0 Å². The molecule has 1 aromatic carbocycles. The van der Waals surface area contributed by atoms with Crippen molar-refractivity contribution in [1.82, 2.24) is 4.90 Å². The predicted molar refractivity (Wildman–Crippen MR) is 71.2 cm³/mol. The second-order valence-electron chi connectivity index (χ2n) is 4.98. The molecule has 0 unspecified atom stereocenters. The number of halogens is 1. The highest BCUT2D eigenvalue weighted by Crippen LogP contribution is 2.30. The molecule has 88 valence electrons. The predicted octanol–water partition coefficient (Wildman–Crippen LogP) is 2.76. The number of nitrogens with zero attached hydrogens (tertiary/aromatic N) is 1. The molecule has 16 heavy (non-hydrogen) atoms. The fraction of sp³-hybridized carbons (Fsp3) is 0.538. The van der Waals surface area contributed by atoms with Crippen LogP contribution in [0.3, 0.4) is 0 Å². The first-order valence-corrected chi connectivity index (χ1v) is 6.59. The van der Waals surface area contributed by atoms with E-state index >= 15 is 0 Å². The van der Waals surface area contributed by atoms with Crippen molar-refractivity contribution < 1.29 is 0 Å². The standard InChI is InChI=1S/C13H19BrN2/c1-16(10-13(15)7-4-8-13)9-11-5-2-3-6-12(11)14/h2-3,5-6H,4,7-10,15H2,1H3. The van der Waals surface area contributed by atoms with Crippen molar-refractivity contribution >= 4 is 15.9 Å². The van der Waals surface area contributed by atoms with Crippen LogP contribution in [0, 0.1) is 0 Å². The van der Waals surface area contributed by atoms with Crippen LogP contribution in [0.25, 0.3) is 0 Å². The SMILES string of the molecule is CN(Cc1ccccc1Br)CC1(N)CCC1. The van der Waals surface area contributed by atoms with E-state index in [4.69, 9.17) is 5.73 Å². The van der Waals surface area contributed by atoms with Crippen LogP contribution >= 0.6 is 15.9 Å². The van der Waals surface area contributed by atoms with Gasteiger partial charge >= 0.3 is 0 Å². The fourth-order valence-electron chi connectivity index (χ4n) is 2.30. The maximum atomic E-state index is 6.24. The molecule has 0 spiro atoms. The van der Waals surface area contributed by atoms with Gasteiger partial charge in [-0.2, -0.15) is 0 Å². The highest BCUT2D eigenvalue weighted by atomic mass is 79.9. The van der Waals surface area contributed by atoms with Gasteiger partial charge in [0.2, 0.25) is 0 Å². The summed E-state index contributed by atoms with van der Waals surface area (Å²) < 4.78 is 1.18. The van der Waals surface area contributed by atoms with Crippen LogP contribution in [0.4, 0.5) is 0 Å². The lowest BCUT2D eigenvalue weighted by Crippen LogP contribution is -2.54. The molecule has 1 aromatic rings. The molecule has 0 heterocycles. The van der Waals surface area contributed by atoms with Gasteiger partial charge in [-0.25, -0.2) is 0 Å². The van der Waals surface area contributed by atoms with Crippen LogP contribution < -0.4 is 5.73 Å². The Kier molecular flexibility index (Phi) is 3.67. The van der Waals surface area contributed by atoms with Crippen LogP contribution in [-0.2, 0) is 6.54 Å². The van der Waals surface area contributed by atoms with Gasteiger partial charge in [0, 0.05) is 23.1 Å². The minimum atomic E-state index is 0.0794. The van der Waals surface area contributed by atoms with Gasteiger partial charge in [0.05, 0.1) is 0 Å². The summed E-state index contributed by atoms with van der Waals surface area (Å²) in [5.74, 6) is 0. The first-order chi connectivity index (χ1) is 7.59. The second kappa shape index (κ2) is 4.86. The Morgan fingerprint density at radius 1 is 1.38 bits per heavy atom. The molecule has 1 saturated carbocycles. The molecule has 2 rings (SSSR count). The van der Waals surface area contributed by atoms with Gasteiger partial charge < -0.3 is 10.6 Å². The number of benzene rings is 1.